The van der Waals surface area contributed by atoms with Crippen LogP contribution in [0.1, 0.15) is 17.6 Å². The molecule has 2 aromatic heterocycles. The molecule has 0 aliphatic rings. The van der Waals surface area contributed by atoms with Crippen molar-refractivity contribution in [2.24, 2.45) is 0 Å². The summed E-state index contributed by atoms with van der Waals surface area (Å²) in [7, 11) is 0. The third kappa shape index (κ3) is 2.54. The van der Waals surface area contributed by atoms with E-state index in [2.05, 4.69) is 9.97 Å². The van der Waals surface area contributed by atoms with Crippen molar-refractivity contribution in [2.45, 2.75) is 6.92 Å². The van der Waals surface area contributed by atoms with Crippen LogP contribution in [0, 0.1) is 6.92 Å². The van der Waals surface area contributed by atoms with Crippen LogP contribution in [0.5, 0.6) is 0 Å². The zero-order valence-electron chi connectivity index (χ0n) is 10.2. The fraction of sp³-hybridized carbons (Fsp3) is 0.0909. The first-order valence-corrected chi connectivity index (χ1v) is 4.51. The molecule has 0 spiro atoms. The quantitative estimate of drug-likeness (QED) is 0.638. The number of carbonyl (C=O) groups is 1. The van der Waals surface area contributed by atoms with E-state index >= 15 is 0 Å². The van der Waals surface area contributed by atoms with Crippen molar-refractivity contribution in [3.05, 3.63) is 42.0 Å². The Hall–Kier alpha value is -1.50. The molecule has 0 aliphatic carbocycles. The Kier molecular flexibility index (Phi) is 3.94. The van der Waals surface area contributed by atoms with Crippen molar-refractivity contribution in [2.75, 3.05) is 0 Å². The monoisotopic (exact) mass is 210 g/mol. The van der Waals surface area contributed by atoms with Gasteiger partial charge in [0.2, 0.25) is 0 Å². The summed E-state index contributed by atoms with van der Waals surface area (Å²) in [5.41, 5.74) is 2.93. The molecule has 0 aromatic carbocycles. The maximum Gasteiger partial charge on any atom is 1.00 e. The second kappa shape index (κ2) is 5.02. The molecule has 0 bridgehead atoms. The van der Waals surface area contributed by atoms with E-state index in [0.29, 0.717) is 0 Å². The van der Waals surface area contributed by atoms with E-state index < -0.39 is 5.97 Å². The summed E-state index contributed by atoms with van der Waals surface area (Å²) in [6, 6.07) is 5.37. The molecule has 0 unspecified atom stereocenters. The summed E-state index contributed by atoms with van der Waals surface area (Å²) in [5.74, 6) is -0.952. The first kappa shape index (κ1) is 12.6. The average Bonchev–Trinajstić information content (AvgIpc) is 2.66. The van der Waals surface area contributed by atoms with Gasteiger partial charge in [-0.3, -0.25) is 4.98 Å². The molecule has 78 valence electrons. The molecule has 0 atom stereocenters. The Labute approximate surface area is 106 Å². The van der Waals surface area contributed by atoms with Gasteiger partial charge in [-0.1, -0.05) is 0 Å². The van der Waals surface area contributed by atoms with Crippen molar-refractivity contribution in [1.82, 2.24) is 9.97 Å². The third-order valence-electron chi connectivity index (χ3n) is 2.14. The van der Waals surface area contributed by atoms with Gasteiger partial charge in [0.05, 0.1) is 0 Å². The number of carboxylic acid groups (broad SMARTS) is 1. The summed E-state index contributed by atoms with van der Waals surface area (Å²) < 4.78 is 0. The number of aromatic amines is 1. The number of pyridine rings is 1. The Morgan fingerprint density at radius 3 is 2.75 bits per heavy atom. The zero-order valence-corrected chi connectivity index (χ0v) is 9.19. The zero-order chi connectivity index (χ0) is 10.8. The smallest absolute Gasteiger partial charge is 1.00 e. The van der Waals surface area contributed by atoms with Crippen LogP contribution in [0.25, 0.3) is 11.1 Å². The minimum Gasteiger partial charge on any atom is -1.00 e. The molecule has 4 nitrogen and oxygen atoms in total. The third-order valence-corrected chi connectivity index (χ3v) is 2.14. The predicted molar refractivity (Wildman–Crippen MR) is 56.8 cm³/mol. The minimum atomic E-state index is -0.952. The fourth-order valence-corrected chi connectivity index (χ4v) is 1.41. The normalized spacial score (nSPS) is 9.56. The van der Waals surface area contributed by atoms with Gasteiger partial charge < -0.3 is 11.5 Å². The van der Waals surface area contributed by atoms with Crippen LogP contribution >= 0.6 is 0 Å². The van der Waals surface area contributed by atoms with Crippen LogP contribution in [-0.2, 0) is 0 Å². The fourth-order valence-electron chi connectivity index (χ4n) is 1.41. The van der Waals surface area contributed by atoms with Crippen LogP contribution in [-0.4, -0.2) is 21.0 Å². The van der Waals surface area contributed by atoms with Gasteiger partial charge in [-0.2, -0.15) is 0 Å². The minimum absolute atomic E-state index is 0. The maximum atomic E-state index is 10.7. The number of nitrogens with one attached hydrogen (secondary N) is 1. The average molecular weight is 210 g/mol. The second-order valence-electron chi connectivity index (χ2n) is 3.29. The Morgan fingerprint density at radius 1 is 1.44 bits per heavy atom. The van der Waals surface area contributed by atoms with Gasteiger partial charge in [-0.25, -0.2) is 4.79 Å². The van der Waals surface area contributed by atoms with Crippen molar-refractivity contribution in [1.29, 1.82) is 0 Å². The van der Waals surface area contributed by atoms with E-state index in [0.717, 1.165) is 16.8 Å². The molecule has 0 amide bonds. The molecule has 16 heavy (non-hydrogen) atoms. The van der Waals surface area contributed by atoms with Gasteiger partial charge in [-0.05, 0) is 30.7 Å². The first-order chi connectivity index (χ1) is 7.16. The van der Waals surface area contributed by atoms with Crippen molar-refractivity contribution in [3.8, 4) is 11.1 Å². The van der Waals surface area contributed by atoms with Gasteiger partial charge in [0.15, 0.2) is 0 Å². The number of aryl methyl sites for hydroxylation is 1. The molecule has 0 aliphatic heterocycles. The van der Waals surface area contributed by atoms with E-state index in [-0.39, 0.29) is 26.0 Å². The molecule has 0 saturated carbocycles. The van der Waals surface area contributed by atoms with Crippen LogP contribution in [0.15, 0.2) is 30.6 Å². The molecular formula is C11H11LiN2O2. The van der Waals surface area contributed by atoms with Crippen LogP contribution in [0.3, 0.4) is 0 Å². The summed E-state index contributed by atoms with van der Waals surface area (Å²) in [5, 5.41) is 8.76. The topological polar surface area (TPSA) is 66.0 Å². The number of H-pyrrole nitrogens is 1. The molecule has 2 aromatic rings. The predicted octanol–water partition coefficient (Wildman–Crippen LogP) is -0.800. The van der Waals surface area contributed by atoms with Gasteiger partial charge >= 0.3 is 24.8 Å². The van der Waals surface area contributed by atoms with Crippen molar-refractivity contribution < 1.29 is 30.2 Å². The SMILES string of the molecule is Cc1cc(-c2c[nH]c(C(=O)O)c2)ccn1.[H-].[Li+]. The number of nitrogens with zero attached hydrogens (tertiary/aromatic N) is 1. The molecule has 0 fully saturated rings. The van der Waals surface area contributed by atoms with Crippen LogP contribution in [0.4, 0.5) is 0 Å². The summed E-state index contributed by atoms with van der Waals surface area (Å²) >= 11 is 0. The van der Waals surface area contributed by atoms with E-state index in [9.17, 15) is 4.79 Å². The maximum absolute atomic E-state index is 10.7. The number of carboxylic acids is 1. The van der Waals surface area contributed by atoms with Crippen molar-refractivity contribution in [3.63, 3.8) is 0 Å². The summed E-state index contributed by atoms with van der Waals surface area (Å²) in [6.07, 6.45) is 3.39. The Balaban J connectivity index is 0.00000128. The second-order valence-corrected chi connectivity index (χ2v) is 3.29. The van der Waals surface area contributed by atoms with Crippen LogP contribution in [0.2, 0.25) is 0 Å². The molecule has 2 heterocycles. The summed E-state index contributed by atoms with van der Waals surface area (Å²) in [4.78, 5) is 17.5. The first-order valence-electron chi connectivity index (χ1n) is 4.51. The van der Waals surface area contributed by atoms with E-state index in [4.69, 9.17) is 5.11 Å². The molecule has 2 N–H and O–H groups in total. The summed E-state index contributed by atoms with van der Waals surface area (Å²) in [6.45, 7) is 1.90. The van der Waals surface area contributed by atoms with E-state index in [1.165, 1.54) is 0 Å². The van der Waals surface area contributed by atoms with E-state index in [1.54, 1.807) is 18.5 Å². The standard InChI is InChI=1S/C11H10N2O2.Li.H/c1-7-4-8(2-3-12-7)9-5-10(11(14)15)13-6-9;;/h2-6,13H,1H3,(H,14,15);;/q;+1;-1. The van der Waals surface area contributed by atoms with Gasteiger partial charge in [0.25, 0.3) is 0 Å². The van der Waals surface area contributed by atoms with Crippen molar-refractivity contribution >= 4 is 5.97 Å². The molecule has 2 rings (SSSR count). The van der Waals surface area contributed by atoms with Gasteiger partial charge in [0, 0.05) is 23.7 Å². The van der Waals surface area contributed by atoms with Crippen LogP contribution < -0.4 is 18.9 Å². The van der Waals surface area contributed by atoms with E-state index in [1.807, 2.05) is 19.1 Å². The molecule has 0 radical (unpaired) electrons. The molecule has 5 heteroatoms. The van der Waals surface area contributed by atoms with Gasteiger partial charge in [-0.15, -0.1) is 0 Å². The number of aromatic nitrogens is 2. The Bertz CT molecular complexity index is 514. The Morgan fingerprint density at radius 2 is 2.19 bits per heavy atom. The number of aromatic carboxylic acids is 1. The van der Waals surface area contributed by atoms with Gasteiger partial charge in [0.1, 0.15) is 5.69 Å². The number of rotatable bonds is 2. The number of hydrogen-bond acceptors (Lipinski definition) is 2. The largest absolute Gasteiger partial charge is 1.00 e. The molecule has 0 saturated heterocycles. The number of hydrogen-bond donors (Lipinski definition) is 2. The molecular weight excluding hydrogens is 199 g/mol.